The number of nitrogens with zero attached hydrogens (tertiary/aromatic N) is 2. The van der Waals surface area contributed by atoms with Crippen molar-refractivity contribution in [2.24, 2.45) is 4.99 Å². The number of amides is 1. The second-order valence-corrected chi connectivity index (χ2v) is 10.2. The fraction of sp³-hybridized carbons (Fsp3) is 0.120. The van der Waals surface area contributed by atoms with E-state index in [9.17, 15) is 13.2 Å². The minimum atomic E-state index is -3.79. The van der Waals surface area contributed by atoms with Crippen LogP contribution in [0.1, 0.15) is 10.4 Å². The number of sulfonamides is 1. The average molecular weight is 506 g/mol. The van der Waals surface area contributed by atoms with Crippen molar-refractivity contribution in [2.75, 3.05) is 17.9 Å². The van der Waals surface area contributed by atoms with Gasteiger partial charge in [0.1, 0.15) is 13.2 Å². The Morgan fingerprint density at radius 2 is 1.80 bits per heavy atom. The molecule has 0 atom stereocenters. The molecular weight excluding hydrogens is 486 g/mol. The zero-order chi connectivity index (χ0) is 24.4. The van der Waals surface area contributed by atoms with Crippen LogP contribution in [0.25, 0.3) is 10.2 Å². The maximum absolute atomic E-state index is 13.0. The number of fused-ring (bicyclic) bond motifs is 2. The van der Waals surface area contributed by atoms with Crippen LogP contribution in [0.2, 0.25) is 0 Å². The van der Waals surface area contributed by atoms with Crippen LogP contribution in [0, 0.1) is 12.3 Å². The van der Waals surface area contributed by atoms with Crippen LogP contribution >= 0.6 is 11.3 Å². The highest BCUT2D eigenvalue weighted by Gasteiger charge is 2.18. The fourth-order valence-corrected chi connectivity index (χ4v) is 5.73. The Bertz CT molecular complexity index is 1650. The standard InChI is InChI=1S/C25H19N3O5S2/c1-2-11-28-20-15-21-22(33-13-12-32-21)16-23(20)34-25(28)26-24(29)17-7-6-8-18(14-17)27-35(30,31)19-9-4-3-5-10-19/h1,3-10,14-16,27H,11-13H2. The summed E-state index contributed by atoms with van der Waals surface area (Å²) in [7, 11) is -3.79. The molecule has 0 aliphatic carbocycles. The first-order chi connectivity index (χ1) is 16.9. The number of carbonyl (C=O) groups is 1. The van der Waals surface area contributed by atoms with Crippen LogP contribution in [-0.4, -0.2) is 32.1 Å². The van der Waals surface area contributed by atoms with Crippen LogP contribution in [0.5, 0.6) is 11.5 Å². The van der Waals surface area contributed by atoms with E-state index in [0.717, 1.165) is 10.2 Å². The van der Waals surface area contributed by atoms with Crippen LogP contribution in [0.4, 0.5) is 5.69 Å². The topological polar surface area (TPSA) is 99.0 Å². The van der Waals surface area contributed by atoms with Crippen LogP contribution in [0.15, 0.2) is 76.6 Å². The number of anilines is 1. The largest absolute Gasteiger partial charge is 0.486 e. The lowest BCUT2D eigenvalue weighted by molar-refractivity contribution is 0.0998. The Labute approximate surface area is 205 Å². The predicted molar refractivity (Wildman–Crippen MR) is 133 cm³/mol. The SMILES string of the molecule is C#CCn1c(=NC(=O)c2cccc(NS(=O)(=O)c3ccccc3)c2)sc2cc3c(cc21)OCCO3. The van der Waals surface area contributed by atoms with E-state index in [1.54, 1.807) is 41.0 Å². The number of carbonyl (C=O) groups excluding carboxylic acids is 1. The summed E-state index contributed by atoms with van der Waals surface area (Å²) in [4.78, 5) is 17.9. The molecule has 0 saturated heterocycles. The summed E-state index contributed by atoms with van der Waals surface area (Å²) in [6.07, 6.45) is 5.57. The van der Waals surface area contributed by atoms with Crippen molar-refractivity contribution < 1.29 is 22.7 Å². The molecule has 0 spiro atoms. The lowest BCUT2D eigenvalue weighted by Crippen LogP contribution is -2.17. The van der Waals surface area contributed by atoms with E-state index in [2.05, 4.69) is 15.6 Å². The highest BCUT2D eigenvalue weighted by atomic mass is 32.2. The summed E-state index contributed by atoms with van der Waals surface area (Å²) < 4.78 is 41.7. The lowest BCUT2D eigenvalue weighted by atomic mass is 10.2. The second kappa shape index (κ2) is 9.29. The molecule has 1 N–H and O–H groups in total. The number of benzene rings is 3. The van der Waals surface area contributed by atoms with E-state index in [1.807, 2.05) is 12.1 Å². The Balaban J connectivity index is 1.50. The zero-order valence-corrected chi connectivity index (χ0v) is 19.9. The quantitative estimate of drug-likeness (QED) is 0.418. The van der Waals surface area contributed by atoms with Crippen molar-refractivity contribution in [1.29, 1.82) is 0 Å². The molecule has 1 aromatic heterocycles. The maximum atomic E-state index is 13.0. The number of aromatic nitrogens is 1. The Kier molecular flexibility index (Phi) is 6.03. The summed E-state index contributed by atoms with van der Waals surface area (Å²) in [6.45, 7) is 1.13. The molecule has 0 radical (unpaired) electrons. The number of hydrogen-bond donors (Lipinski definition) is 1. The van der Waals surface area contributed by atoms with Gasteiger partial charge in [-0.1, -0.05) is 41.5 Å². The van der Waals surface area contributed by atoms with Gasteiger partial charge >= 0.3 is 0 Å². The molecule has 10 heteroatoms. The number of thiazole rings is 1. The monoisotopic (exact) mass is 505 g/mol. The van der Waals surface area contributed by atoms with Gasteiger partial charge in [0.15, 0.2) is 16.3 Å². The molecule has 1 aliphatic rings. The van der Waals surface area contributed by atoms with Gasteiger partial charge in [-0.3, -0.25) is 9.52 Å². The van der Waals surface area contributed by atoms with Gasteiger partial charge in [-0.15, -0.1) is 6.42 Å². The average Bonchev–Trinajstić information content (AvgIpc) is 3.19. The van der Waals surface area contributed by atoms with Gasteiger partial charge in [0.2, 0.25) is 0 Å². The molecule has 2 heterocycles. The first kappa shape index (κ1) is 22.7. The number of ether oxygens (including phenoxy) is 2. The Morgan fingerprint density at radius 3 is 2.54 bits per heavy atom. The number of nitrogens with one attached hydrogen (secondary N) is 1. The zero-order valence-electron chi connectivity index (χ0n) is 18.3. The third kappa shape index (κ3) is 4.64. The van der Waals surface area contributed by atoms with Gasteiger partial charge < -0.3 is 14.0 Å². The van der Waals surface area contributed by atoms with Gasteiger partial charge in [-0.2, -0.15) is 4.99 Å². The maximum Gasteiger partial charge on any atom is 0.279 e. The third-order valence-electron chi connectivity index (χ3n) is 5.21. The van der Waals surface area contributed by atoms with Gasteiger partial charge in [0.25, 0.3) is 15.9 Å². The van der Waals surface area contributed by atoms with E-state index in [1.165, 1.54) is 29.5 Å². The van der Waals surface area contributed by atoms with Crippen molar-refractivity contribution in [1.82, 2.24) is 4.57 Å². The summed E-state index contributed by atoms with van der Waals surface area (Å²) >= 11 is 1.30. The second-order valence-electron chi connectivity index (χ2n) is 7.55. The Morgan fingerprint density at radius 1 is 1.06 bits per heavy atom. The highest BCUT2D eigenvalue weighted by Crippen LogP contribution is 2.35. The molecule has 5 rings (SSSR count). The highest BCUT2D eigenvalue weighted by molar-refractivity contribution is 7.92. The predicted octanol–water partition coefficient (Wildman–Crippen LogP) is 3.65. The van der Waals surface area contributed by atoms with Crippen molar-refractivity contribution in [2.45, 2.75) is 11.4 Å². The van der Waals surface area contributed by atoms with E-state index in [4.69, 9.17) is 15.9 Å². The van der Waals surface area contributed by atoms with Crippen LogP contribution in [0.3, 0.4) is 0 Å². The minimum Gasteiger partial charge on any atom is -0.486 e. The van der Waals surface area contributed by atoms with E-state index in [0.29, 0.717) is 29.5 Å². The molecular formula is C25H19N3O5S2. The molecule has 0 saturated carbocycles. The summed E-state index contributed by atoms with van der Waals surface area (Å²) in [5.74, 6) is 3.32. The van der Waals surface area contributed by atoms with Gasteiger partial charge in [0, 0.05) is 23.4 Å². The van der Waals surface area contributed by atoms with Crippen LogP contribution < -0.4 is 19.0 Å². The molecule has 0 fully saturated rings. The molecule has 0 unspecified atom stereocenters. The minimum absolute atomic E-state index is 0.123. The summed E-state index contributed by atoms with van der Waals surface area (Å²) in [5, 5.41) is 0. The molecule has 3 aromatic carbocycles. The van der Waals surface area contributed by atoms with E-state index in [-0.39, 0.29) is 22.7 Å². The van der Waals surface area contributed by atoms with Crippen molar-refractivity contribution >= 4 is 43.2 Å². The van der Waals surface area contributed by atoms with Crippen molar-refractivity contribution in [3.8, 4) is 23.8 Å². The molecule has 4 aromatic rings. The number of terminal acetylenes is 1. The van der Waals surface area contributed by atoms with Gasteiger partial charge in [-0.25, -0.2) is 8.42 Å². The first-order valence-electron chi connectivity index (χ1n) is 10.6. The lowest BCUT2D eigenvalue weighted by Gasteiger charge is -2.18. The van der Waals surface area contributed by atoms with Crippen LogP contribution in [-0.2, 0) is 16.6 Å². The van der Waals surface area contributed by atoms with E-state index < -0.39 is 15.9 Å². The number of rotatable bonds is 5. The molecule has 1 amide bonds. The smallest absolute Gasteiger partial charge is 0.279 e. The van der Waals surface area contributed by atoms with Gasteiger partial charge in [-0.05, 0) is 30.3 Å². The normalized spacial score (nSPS) is 13.4. The molecule has 8 nitrogen and oxygen atoms in total. The van der Waals surface area contributed by atoms with Crippen molar-refractivity contribution in [3.63, 3.8) is 0 Å². The number of hydrogen-bond acceptors (Lipinski definition) is 6. The Hall–Kier alpha value is -4.07. The molecule has 35 heavy (non-hydrogen) atoms. The summed E-state index contributed by atoms with van der Waals surface area (Å²) in [6, 6.07) is 17.9. The van der Waals surface area contributed by atoms with E-state index >= 15 is 0 Å². The first-order valence-corrected chi connectivity index (χ1v) is 12.9. The third-order valence-corrected chi connectivity index (χ3v) is 7.65. The fourth-order valence-electron chi connectivity index (χ4n) is 3.62. The molecule has 1 aliphatic heterocycles. The molecule has 176 valence electrons. The molecule has 0 bridgehead atoms. The van der Waals surface area contributed by atoms with Crippen molar-refractivity contribution in [3.05, 3.63) is 77.1 Å². The summed E-state index contributed by atoms with van der Waals surface area (Å²) in [5.41, 5.74) is 1.27. The van der Waals surface area contributed by atoms with Gasteiger partial charge in [0.05, 0.1) is 21.7 Å².